The highest BCUT2D eigenvalue weighted by Gasteiger charge is 2.37. The van der Waals surface area contributed by atoms with E-state index in [2.05, 4.69) is 27.4 Å². The van der Waals surface area contributed by atoms with Gasteiger partial charge in [-0.3, -0.25) is 0 Å². The standard InChI is InChI=1S/C13H23N5/c1-9-6-4-5-7-13(9,8-14)16-12-15-10(2)11(3)17-18-12/h9H,4-8,14H2,1-3H3,(H,15,16,18). The highest BCUT2D eigenvalue weighted by molar-refractivity contribution is 5.31. The average molecular weight is 249 g/mol. The molecule has 3 N–H and O–H groups in total. The summed E-state index contributed by atoms with van der Waals surface area (Å²) in [7, 11) is 0. The molecule has 1 aliphatic rings. The molecule has 1 fully saturated rings. The van der Waals surface area contributed by atoms with Crippen molar-refractivity contribution in [1.82, 2.24) is 15.2 Å². The first-order valence-electron chi connectivity index (χ1n) is 6.73. The van der Waals surface area contributed by atoms with Crippen LogP contribution >= 0.6 is 0 Å². The van der Waals surface area contributed by atoms with Crippen LogP contribution in [0.5, 0.6) is 0 Å². The number of aryl methyl sites for hydroxylation is 2. The summed E-state index contributed by atoms with van der Waals surface area (Å²) >= 11 is 0. The van der Waals surface area contributed by atoms with Gasteiger partial charge in [-0.15, -0.1) is 5.10 Å². The normalized spacial score (nSPS) is 28.1. The lowest BCUT2D eigenvalue weighted by Gasteiger charge is -2.42. The Kier molecular flexibility index (Phi) is 3.80. The predicted molar refractivity (Wildman–Crippen MR) is 72.3 cm³/mol. The smallest absolute Gasteiger partial charge is 0.243 e. The number of hydrogen-bond donors (Lipinski definition) is 2. The van der Waals surface area contributed by atoms with Gasteiger partial charge < -0.3 is 11.1 Å². The minimum Gasteiger partial charge on any atom is -0.346 e. The fourth-order valence-electron chi connectivity index (χ4n) is 2.69. The van der Waals surface area contributed by atoms with Crippen molar-refractivity contribution in [3.8, 4) is 0 Å². The summed E-state index contributed by atoms with van der Waals surface area (Å²) in [5, 5.41) is 11.7. The lowest BCUT2D eigenvalue weighted by Crippen LogP contribution is -2.52. The first-order valence-corrected chi connectivity index (χ1v) is 6.73. The summed E-state index contributed by atoms with van der Waals surface area (Å²) in [6.45, 7) is 6.74. The molecule has 1 aromatic rings. The van der Waals surface area contributed by atoms with Gasteiger partial charge in [0.2, 0.25) is 5.95 Å². The van der Waals surface area contributed by atoms with Crippen molar-refractivity contribution in [3.05, 3.63) is 11.4 Å². The van der Waals surface area contributed by atoms with E-state index in [0.717, 1.165) is 17.8 Å². The topological polar surface area (TPSA) is 76.7 Å². The third-order valence-electron chi connectivity index (χ3n) is 4.27. The Hall–Kier alpha value is -1.23. The van der Waals surface area contributed by atoms with Gasteiger partial charge in [0.1, 0.15) is 0 Å². The van der Waals surface area contributed by atoms with Gasteiger partial charge in [0.25, 0.3) is 0 Å². The molecule has 1 aliphatic carbocycles. The molecule has 2 rings (SSSR count). The number of nitrogens with zero attached hydrogens (tertiary/aromatic N) is 3. The van der Waals surface area contributed by atoms with Gasteiger partial charge in [0, 0.05) is 6.54 Å². The molecule has 0 spiro atoms. The quantitative estimate of drug-likeness (QED) is 0.854. The van der Waals surface area contributed by atoms with Gasteiger partial charge in [-0.25, -0.2) is 4.98 Å². The molecule has 100 valence electrons. The first kappa shape index (κ1) is 13.2. The van der Waals surface area contributed by atoms with Crippen molar-refractivity contribution in [2.75, 3.05) is 11.9 Å². The Morgan fingerprint density at radius 2 is 2.06 bits per heavy atom. The van der Waals surface area contributed by atoms with Crippen molar-refractivity contribution in [3.63, 3.8) is 0 Å². The van der Waals surface area contributed by atoms with Crippen molar-refractivity contribution >= 4 is 5.95 Å². The van der Waals surface area contributed by atoms with Gasteiger partial charge in [0.05, 0.1) is 16.9 Å². The summed E-state index contributed by atoms with van der Waals surface area (Å²) in [5.41, 5.74) is 7.73. The van der Waals surface area contributed by atoms with Crippen LogP contribution in [-0.2, 0) is 0 Å². The molecule has 5 nitrogen and oxygen atoms in total. The van der Waals surface area contributed by atoms with E-state index in [0.29, 0.717) is 18.4 Å². The first-order chi connectivity index (χ1) is 8.57. The van der Waals surface area contributed by atoms with E-state index >= 15 is 0 Å². The van der Waals surface area contributed by atoms with Gasteiger partial charge in [-0.2, -0.15) is 5.10 Å². The molecule has 1 heterocycles. The van der Waals surface area contributed by atoms with Crippen LogP contribution < -0.4 is 11.1 Å². The zero-order valence-corrected chi connectivity index (χ0v) is 11.5. The molecule has 0 amide bonds. The van der Waals surface area contributed by atoms with Crippen LogP contribution in [0.15, 0.2) is 0 Å². The number of rotatable bonds is 3. The van der Waals surface area contributed by atoms with Crippen LogP contribution in [0.4, 0.5) is 5.95 Å². The molecule has 5 heteroatoms. The second-order valence-corrected chi connectivity index (χ2v) is 5.44. The maximum absolute atomic E-state index is 6.01. The van der Waals surface area contributed by atoms with Crippen LogP contribution in [0.25, 0.3) is 0 Å². The molecule has 0 aliphatic heterocycles. The summed E-state index contributed by atoms with van der Waals surface area (Å²) in [4.78, 5) is 4.45. The number of nitrogens with one attached hydrogen (secondary N) is 1. The van der Waals surface area contributed by atoms with E-state index in [1.165, 1.54) is 19.3 Å². The molecule has 1 saturated carbocycles. The summed E-state index contributed by atoms with van der Waals surface area (Å²) in [6, 6.07) is 0. The number of nitrogens with two attached hydrogens (primary N) is 1. The molecule has 0 bridgehead atoms. The molecule has 1 aromatic heterocycles. The lowest BCUT2D eigenvalue weighted by molar-refractivity contribution is 0.234. The molecule has 2 atom stereocenters. The highest BCUT2D eigenvalue weighted by atomic mass is 15.3. The van der Waals surface area contributed by atoms with Gasteiger partial charge >= 0.3 is 0 Å². The van der Waals surface area contributed by atoms with Crippen molar-refractivity contribution in [2.45, 2.75) is 52.0 Å². The second-order valence-electron chi connectivity index (χ2n) is 5.44. The van der Waals surface area contributed by atoms with Crippen LogP contribution in [-0.4, -0.2) is 27.3 Å². The Morgan fingerprint density at radius 3 is 2.67 bits per heavy atom. The highest BCUT2D eigenvalue weighted by Crippen LogP contribution is 2.35. The van der Waals surface area contributed by atoms with Gasteiger partial charge in [-0.1, -0.05) is 19.8 Å². The Bertz CT molecular complexity index is 420. The van der Waals surface area contributed by atoms with E-state index in [1.807, 2.05) is 13.8 Å². The monoisotopic (exact) mass is 249 g/mol. The number of hydrogen-bond acceptors (Lipinski definition) is 5. The average Bonchev–Trinajstić information content (AvgIpc) is 2.37. The molecular formula is C13H23N5. The Labute approximate surface area is 109 Å². The van der Waals surface area contributed by atoms with E-state index in [4.69, 9.17) is 5.73 Å². The SMILES string of the molecule is Cc1nnc(NC2(CN)CCCCC2C)nc1C. The third-order valence-corrected chi connectivity index (χ3v) is 4.27. The molecule has 0 saturated heterocycles. The molecule has 0 aromatic carbocycles. The summed E-state index contributed by atoms with van der Waals surface area (Å²) in [5.74, 6) is 1.15. The Balaban J connectivity index is 2.21. The maximum atomic E-state index is 6.01. The van der Waals surface area contributed by atoms with E-state index in [9.17, 15) is 0 Å². The van der Waals surface area contributed by atoms with Gasteiger partial charge in [0.15, 0.2) is 0 Å². The fraction of sp³-hybridized carbons (Fsp3) is 0.769. The number of anilines is 1. The largest absolute Gasteiger partial charge is 0.346 e. The number of aromatic nitrogens is 3. The van der Waals surface area contributed by atoms with Crippen molar-refractivity contribution in [1.29, 1.82) is 0 Å². The van der Waals surface area contributed by atoms with Crippen molar-refractivity contribution in [2.24, 2.45) is 11.7 Å². The predicted octanol–water partition coefficient (Wildman–Crippen LogP) is 1.81. The third kappa shape index (κ3) is 2.46. The zero-order chi connectivity index (χ0) is 13.2. The molecule has 2 unspecified atom stereocenters. The minimum absolute atomic E-state index is 0.0678. The summed E-state index contributed by atoms with van der Waals surface area (Å²) in [6.07, 6.45) is 4.80. The minimum atomic E-state index is -0.0678. The maximum Gasteiger partial charge on any atom is 0.243 e. The van der Waals surface area contributed by atoms with Crippen LogP contribution in [0.2, 0.25) is 0 Å². The van der Waals surface area contributed by atoms with Gasteiger partial charge in [-0.05, 0) is 32.6 Å². The van der Waals surface area contributed by atoms with Crippen LogP contribution in [0.1, 0.15) is 44.0 Å². The molecule has 0 radical (unpaired) electrons. The summed E-state index contributed by atoms with van der Waals surface area (Å²) < 4.78 is 0. The van der Waals surface area contributed by atoms with Crippen molar-refractivity contribution < 1.29 is 0 Å². The lowest BCUT2D eigenvalue weighted by atomic mass is 9.73. The van der Waals surface area contributed by atoms with E-state index < -0.39 is 0 Å². The van der Waals surface area contributed by atoms with Crippen LogP contribution in [0, 0.1) is 19.8 Å². The van der Waals surface area contributed by atoms with E-state index in [1.54, 1.807) is 0 Å². The fourth-order valence-corrected chi connectivity index (χ4v) is 2.69. The van der Waals surface area contributed by atoms with E-state index in [-0.39, 0.29) is 5.54 Å². The molecular weight excluding hydrogens is 226 g/mol. The second kappa shape index (κ2) is 5.18. The molecule has 18 heavy (non-hydrogen) atoms. The Morgan fingerprint density at radius 1 is 1.28 bits per heavy atom. The van der Waals surface area contributed by atoms with Crippen LogP contribution in [0.3, 0.4) is 0 Å². The zero-order valence-electron chi connectivity index (χ0n) is 11.5.